The van der Waals surface area contributed by atoms with Gasteiger partial charge in [0.25, 0.3) is 5.91 Å². The second kappa shape index (κ2) is 9.88. The number of carbonyl (C=O) groups is 2. The first kappa shape index (κ1) is 21.3. The molecule has 0 aliphatic carbocycles. The molecule has 0 saturated heterocycles. The van der Waals surface area contributed by atoms with Gasteiger partial charge in [0.1, 0.15) is 0 Å². The van der Waals surface area contributed by atoms with E-state index in [0.717, 1.165) is 33.5 Å². The van der Waals surface area contributed by atoms with Crippen molar-refractivity contribution in [3.05, 3.63) is 101 Å². The first-order valence-electron chi connectivity index (χ1n) is 10.1. The number of rotatable bonds is 7. The fraction of sp³-hybridized carbons (Fsp3) is 0.231. The van der Waals surface area contributed by atoms with Crippen LogP contribution in [-0.2, 0) is 14.3 Å². The molecule has 4 heteroatoms. The number of carbonyl (C=O) groups excluding carboxylic acids is 2. The minimum absolute atomic E-state index is 0.121. The van der Waals surface area contributed by atoms with Gasteiger partial charge in [0, 0.05) is 11.6 Å². The SMILES string of the molecule is Cc1cc(C)c(NC(=O)COC(=O)CC(c2ccccc2)c2ccccc2)c(C)c1. The summed E-state index contributed by atoms with van der Waals surface area (Å²) in [6.07, 6.45) is 0.171. The molecule has 0 unspecified atom stereocenters. The Morgan fingerprint density at radius 3 is 1.83 bits per heavy atom. The molecular formula is C26H27NO3. The van der Waals surface area contributed by atoms with Crippen LogP contribution in [0.25, 0.3) is 0 Å². The monoisotopic (exact) mass is 401 g/mol. The van der Waals surface area contributed by atoms with E-state index in [1.54, 1.807) is 0 Å². The van der Waals surface area contributed by atoms with Crippen LogP contribution in [-0.4, -0.2) is 18.5 Å². The van der Waals surface area contributed by atoms with Crippen molar-refractivity contribution in [3.63, 3.8) is 0 Å². The lowest BCUT2D eigenvalue weighted by Gasteiger charge is -2.17. The van der Waals surface area contributed by atoms with Gasteiger partial charge in [-0.1, -0.05) is 78.4 Å². The zero-order valence-electron chi connectivity index (χ0n) is 17.6. The molecule has 0 spiro atoms. The number of nitrogens with one attached hydrogen (secondary N) is 1. The Morgan fingerprint density at radius 1 is 0.833 bits per heavy atom. The van der Waals surface area contributed by atoms with Crippen LogP contribution < -0.4 is 5.32 Å². The molecule has 0 aliphatic heterocycles. The van der Waals surface area contributed by atoms with Crippen LogP contribution in [0.5, 0.6) is 0 Å². The molecule has 3 rings (SSSR count). The van der Waals surface area contributed by atoms with Gasteiger partial charge in [0.05, 0.1) is 6.42 Å². The van der Waals surface area contributed by atoms with Gasteiger partial charge < -0.3 is 10.1 Å². The third kappa shape index (κ3) is 5.57. The Labute approximate surface area is 177 Å². The highest BCUT2D eigenvalue weighted by atomic mass is 16.5. The number of ether oxygens (including phenoxy) is 1. The normalized spacial score (nSPS) is 10.7. The molecule has 154 valence electrons. The summed E-state index contributed by atoms with van der Waals surface area (Å²) in [7, 11) is 0. The maximum atomic E-state index is 12.5. The van der Waals surface area contributed by atoms with Crippen molar-refractivity contribution in [3.8, 4) is 0 Å². The average Bonchev–Trinajstić information content (AvgIpc) is 2.74. The van der Waals surface area contributed by atoms with Gasteiger partial charge in [-0.25, -0.2) is 0 Å². The maximum Gasteiger partial charge on any atom is 0.307 e. The predicted molar refractivity (Wildman–Crippen MR) is 120 cm³/mol. The summed E-state index contributed by atoms with van der Waals surface area (Å²) in [6, 6.07) is 23.7. The second-order valence-electron chi connectivity index (χ2n) is 7.56. The summed E-state index contributed by atoms with van der Waals surface area (Å²) in [5, 5.41) is 2.86. The molecule has 0 heterocycles. The van der Waals surface area contributed by atoms with Crippen LogP contribution in [0.15, 0.2) is 72.8 Å². The number of aryl methyl sites for hydroxylation is 3. The molecule has 30 heavy (non-hydrogen) atoms. The van der Waals surface area contributed by atoms with E-state index in [4.69, 9.17) is 4.74 Å². The fourth-order valence-electron chi connectivity index (χ4n) is 3.72. The molecular weight excluding hydrogens is 374 g/mol. The molecule has 0 bridgehead atoms. The van der Waals surface area contributed by atoms with Crippen LogP contribution in [0.2, 0.25) is 0 Å². The summed E-state index contributed by atoms with van der Waals surface area (Å²) >= 11 is 0. The number of esters is 1. The Kier molecular flexibility index (Phi) is 7.02. The van der Waals surface area contributed by atoms with E-state index in [9.17, 15) is 9.59 Å². The van der Waals surface area contributed by atoms with Crippen molar-refractivity contribution in [2.24, 2.45) is 0 Å². The maximum absolute atomic E-state index is 12.5. The number of anilines is 1. The Hall–Kier alpha value is -3.40. The standard InChI is InChI=1S/C26H27NO3/c1-18-14-19(2)26(20(3)15-18)27-24(28)17-30-25(29)16-23(21-10-6-4-7-11-21)22-12-8-5-9-13-22/h4-15,23H,16-17H2,1-3H3,(H,27,28). The van der Waals surface area contributed by atoms with Gasteiger partial charge in [0.2, 0.25) is 0 Å². The van der Waals surface area contributed by atoms with Crippen LogP contribution in [0.4, 0.5) is 5.69 Å². The van der Waals surface area contributed by atoms with Gasteiger partial charge in [-0.3, -0.25) is 9.59 Å². The van der Waals surface area contributed by atoms with Crippen molar-refractivity contribution >= 4 is 17.6 Å². The summed E-state index contributed by atoms with van der Waals surface area (Å²) in [4.78, 5) is 24.9. The molecule has 0 saturated carbocycles. The van der Waals surface area contributed by atoms with Gasteiger partial charge in [-0.05, 0) is 43.0 Å². The lowest BCUT2D eigenvalue weighted by molar-refractivity contribution is -0.147. The summed E-state index contributed by atoms with van der Waals surface area (Å²) in [6.45, 7) is 5.61. The quantitative estimate of drug-likeness (QED) is 0.546. The van der Waals surface area contributed by atoms with Gasteiger partial charge in [0.15, 0.2) is 6.61 Å². The molecule has 0 aliphatic rings. The molecule has 4 nitrogen and oxygen atoms in total. The third-order valence-corrected chi connectivity index (χ3v) is 5.08. The Balaban J connectivity index is 1.63. The average molecular weight is 402 g/mol. The van der Waals surface area contributed by atoms with E-state index in [0.29, 0.717) is 0 Å². The highest BCUT2D eigenvalue weighted by molar-refractivity contribution is 5.94. The molecule has 0 aromatic heterocycles. The lowest BCUT2D eigenvalue weighted by Crippen LogP contribution is -2.22. The molecule has 3 aromatic rings. The van der Waals surface area contributed by atoms with Gasteiger partial charge >= 0.3 is 5.97 Å². The minimum Gasteiger partial charge on any atom is -0.456 e. The van der Waals surface area contributed by atoms with E-state index >= 15 is 0 Å². The summed E-state index contributed by atoms with van der Waals surface area (Å²) in [5.74, 6) is -0.862. The van der Waals surface area contributed by atoms with Crippen molar-refractivity contribution in [1.82, 2.24) is 0 Å². The van der Waals surface area contributed by atoms with Crippen molar-refractivity contribution in [1.29, 1.82) is 0 Å². The van der Waals surface area contributed by atoms with E-state index in [1.165, 1.54) is 0 Å². The number of benzene rings is 3. The van der Waals surface area contributed by atoms with E-state index < -0.39 is 5.97 Å². The second-order valence-corrected chi connectivity index (χ2v) is 7.56. The molecule has 0 atom stereocenters. The zero-order chi connectivity index (χ0) is 21.5. The van der Waals surface area contributed by atoms with Crippen LogP contribution in [0.1, 0.15) is 40.2 Å². The summed E-state index contributed by atoms with van der Waals surface area (Å²) < 4.78 is 5.30. The molecule has 1 amide bonds. The smallest absolute Gasteiger partial charge is 0.307 e. The van der Waals surface area contributed by atoms with Crippen LogP contribution in [0.3, 0.4) is 0 Å². The Morgan fingerprint density at radius 2 is 1.33 bits per heavy atom. The molecule has 0 fully saturated rings. The highest BCUT2D eigenvalue weighted by Gasteiger charge is 2.20. The van der Waals surface area contributed by atoms with Gasteiger partial charge in [-0.15, -0.1) is 0 Å². The predicted octanol–water partition coefficient (Wildman–Crippen LogP) is 5.32. The number of hydrogen-bond donors (Lipinski definition) is 1. The van der Waals surface area contributed by atoms with E-state index in [-0.39, 0.29) is 24.9 Å². The topological polar surface area (TPSA) is 55.4 Å². The minimum atomic E-state index is -0.403. The van der Waals surface area contributed by atoms with Crippen LogP contribution in [0, 0.1) is 20.8 Å². The molecule has 1 N–H and O–H groups in total. The lowest BCUT2D eigenvalue weighted by atomic mass is 9.89. The highest BCUT2D eigenvalue weighted by Crippen LogP contribution is 2.28. The van der Waals surface area contributed by atoms with Crippen LogP contribution >= 0.6 is 0 Å². The zero-order valence-corrected chi connectivity index (χ0v) is 17.6. The van der Waals surface area contributed by atoms with Crippen molar-refractivity contribution < 1.29 is 14.3 Å². The number of hydrogen-bond acceptors (Lipinski definition) is 3. The molecule has 0 radical (unpaired) electrons. The number of amides is 1. The van der Waals surface area contributed by atoms with Crippen molar-refractivity contribution in [2.75, 3.05) is 11.9 Å². The molecule has 3 aromatic carbocycles. The van der Waals surface area contributed by atoms with E-state index in [1.807, 2.05) is 93.6 Å². The van der Waals surface area contributed by atoms with Gasteiger partial charge in [-0.2, -0.15) is 0 Å². The third-order valence-electron chi connectivity index (χ3n) is 5.08. The Bertz CT molecular complexity index is 950. The first-order valence-corrected chi connectivity index (χ1v) is 10.1. The van der Waals surface area contributed by atoms with E-state index in [2.05, 4.69) is 5.32 Å². The summed E-state index contributed by atoms with van der Waals surface area (Å²) in [5.41, 5.74) is 5.96. The van der Waals surface area contributed by atoms with Crippen molar-refractivity contribution in [2.45, 2.75) is 33.1 Å². The largest absolute Gasteiger partial charge is 0.456 e. The fourth-order valence-corrected chi connectivity index (χ4v) is 3.72. The first-order chi connectivity index (χ1) is 14.4.